The first-order valence-electron chi connectivity index (χ1n) is 6.79. The topological polar surface area (TPSA) is 139 Å². The zero-order valence-electron chi connectivity index (χ0n) is 12.2. The number of aliphatic hydroxyl groups is 1. The Bertz CT molecular complexity index is 588. The normalized spacial score (nSPS) is 17.1. The summed E-state index contributed by atoms with van der Waals surface area (Å²) in [5.41, 5.74) is 2.98. The van der Waals surface area contributed by atoms with Gasteiger partial charge in [0.2, 0.25) is 0 Å². The van der Waals surface area contributed by atoms with Crippen molar-refractivity contribution in [2.75, 3.05) is 30.8 Å². The Labute approximate surface area is 126 Å². The second-order valence-electron chi connectivity index (χ2n) is 5.09. The zero-order chi connectivity index (χ0) is 16.3. The monoisotopic (exact) mass is 310 g/mol. The Morgan fingerprint density at radius 3 is 2.64 bits per heavy atom. The van der Waals surface area contributed by atoms with E-state index in [0.29, 0.717) is 5.82 Å². The second kappa shape index (κ2) is 6.14. The van der Waals surface area contributed by atoms with Crippen molar-refractivity contribution in [3.8, 4) is 0 Å². The maximum absolute atomic E-state index is 11.6. The van der Waals surface area contributed by atoms with Crippen molar-refractivity contribution >= 4 is 23.6 Å². The van der Waals surface area contributed by atoms with Crippen molar-refractivity contribution in [1.82, 2.24) is 9.97 Å². The Kier molecular flexibility index (Phi) is 4.45. The molecule has 1 fully saturated rings. The number of carboxylic acids is 1. The number of rotatable bonds is 5. The molecule has 0 spiro atoms. The van der Waals surface area contributed by atoms with Gasteiger partial charge in [-0.25, -0.2) is 19.6 Å². The molecule has 22 heavy (non-hydrogen) atoms. The van der Waals surface area contributed by atoms with E-state index < -0.39 is 24.0 Å². The molecule has 2 heterocycles. The van der Waals surface area contributed by atoms with Gasteiger partial charge in [0.15, 0.2) is 0 Å². The van der Waals surface area contributed by atoms with Gasteiger partial charge in [-0.3, -0.25) is 0 Å². The molecule has 9 heteroatoms. The summed E-state index contributed by atoms with van der Waals surface area (Å²) in [4.78, 5) is 33.0. The molecule has 0 aromatic carbocycles. The molecule has 2 rings (SSSR count). The van der Waals surface area contributed by atoms with Crippen molar-refractivity contribution in [2.24, 2.45) is 0 Å². The molecule has 0 saturated carbocycles. The minimum absolute atomic E-state index is 0.0356. The molecule has 1 saturated heterocycles. The molecular formula is C13H18N4O5. The zero-order valence-corrected chi connectivity index (χ0v) is 12.2. The van der Waals surface area contributed by atoms with Gasteiger partial charge in [0.25, 0.3) is 5.60 Å². The number of nitrogens with two attached hydrogens (primary N) is 1. The highest BCUT2D eigenvalue weighted by Gasteiger charge is 2.47. The standard InChI is InChI=1S/C13H18N4O5/c1-22-12(20)13(21,11(18)19)6-8-10(14)15-7-9(16-8)17-4-2-3-5-17/h7,21H,2-6H2,1H3,(H2,14,15)(H,18,19). The van der Waals surface area contributed by atoms with E-state index in [1.165, 1.54) is 6.20 Å². The number of anilines is 2. The number of ether oxygens (including phenoxy) is 1. The van der Waals surface area contributed by atoms with Crippen LogP contribution in [0, 0.1) is 0 Å². The molecule has 0 bridgehead atoms. The van der Waals surface area contributed by atoms with Crippen LogP contribution in [0.25, 0.3) is 0 Å². The highest BCUT2D eigenvalue weighted by molar-refractivity contribution is 6.02. The number of hydrogen-bond acceptors (Lipinski definition) is 8. The third-order valence-corrected chi connectivity index (χ3v) is 3.59. The van der Waals surface area contributed by atoms with Crippen LogP contribution in [-0.2, 0) is 20.7 Å². The smallest absolute Gasteiger partial charge is 0.350 e. The van der Waals surface area contributed by atoms with Crippen LogP contribution in [0.4, 0.5) is 11.6 Å². The number of hydrogen-bond donors (Lipinski definition) is 3. The molecule has 120 valence electrons. The molecule has 1 aromatic heterocycles. The summed E-state index contributed by atoms with van der Waals surface area (Å²) >= 11 is 0. The fourth-order valence-electron chi connectivity index (χ4n) is 2.30. The number of nitrogens with zero attached hydrogens (tertiary/aromatic N) is 3. The number of esters is 1. The molecule has 1 aliphatic heterocycles. The van der Waals surface area contributed by atoms with Crippen LogP contribution in [0.5, 0.6) is 0 Å². The van der Waals surface area contributed by atoms with Crippen LogP contribution in [-0.4, -0.2) is 57.9 Å². The van der Waals surface area contributed by atoms with Crippen LogP contribution < -0.4 is 10.6 Å². The SMILES string of the molecule is COC(=O)C(O)(Cc1nc(N2CCCC2)cnc1N)C(=O)O. The predicted octanol–water partition coefficient (Wildman–Crippen LogP) is -0.810. The maximum atomic E-state index is 11.6. The van der Waals surface area contributed by atoms with E-state index in [2.05, 4.69) is 14.7 Å². The summed E-state index contributed by atoms with van der Waals surface area (Å²) in [5.74, 6) is -2.51. The summed E-state index contributed by atoms with van der Waals surface area (Å²) in [6, 6.07) is 0. The van der Waals surface area contributed by atoms with E-state index in [1.807, 2.05) is 4.90 Å². The van der Waals surface area contributed by atoms with Crippen molar-refractivity contribution in [3.05, 3.63) is 11.9 Å². The number of nitrogen functional groups attached to an aromatic ring is 1. The van der Waals surface area contributed by atoms with Crippen LogP contribution >= 0.6 is 0 Å². The Hall–Kier alpha value is -2.42. The summed E-state index contributed by atoms with van der Waals surface area (Å²) < 4.78 is 4.35. The summed E-state index contributed by atoms with van der Waals surface area (Å²) in [6.45, 7) is 1.64. The highest BCUT2D eigenvalue weighted by atomic mass is 16.5. The number of aliphatic carboxylic acids is 1. The molecule has 1 aliphatic rings. The van der Waals surface area contributed by atoms with E-state index in [-0.39, 0.29) is 11.5 Å². The van der Waals surface area contributed by atoms with E-state index >= 15 is 0 Å². The van der Waals surface area contributed by atoms with Gasteiger partial charge in [-0.15, -0.1) is 0 Å². The number of carboxylic acid groups (broad SMARTS) is 1. The molecule has 1 unspecified atom stereocenters. The largest absolute Gasteiger partial charge is 0.479 e. The Morgan fingerprint density at radius 1 is 1.45 bits per heavy atom. The average molecular weight is 310 g/mol. The van der Waals surface area contributed by atoms with Crippen LogP contribution in [0.3, 0.4) is 0 Å². The van der Waals surface area contributed by atoms with Gasteiger partial charge in [0.1, 0.15) is 11.6 Å². The number of carbonyl (C=O) groups is 2. The minimum Gasteiger partial charge on any atom is -0.479 e. The van der Waals surface area contributed by atoms with Gasteiger partial charge in [0.05, 0.1) is 19.0 Å². The van der Waals surface area contributed by atoms with Crippen LogP contribution in [0.2, 0.25) is 0 Å². The summed E-state index contributed by atoms with van der Waals surface area (Å²) in [6.07, 6.45) is 2.93. The lowest BCUT2D eigenvalue weighted by atomic mass is 9.97. The molecular weight excluding hydrogens is 292 g/mol. The van der Waals surface area contributed by atoms with Gasteiger partial charge < -0.3 is 25.6 Å². The molecule has 0 aliphatic carbocycles. The van der Waals surface area contributed by atoms with Gasteiger partial charge >= 0.3 is 11.9 Å². The van der Waals surface area contributed by atoms with Gasteiger partial charge in [-0.05, 0) is 12.8 Å². The third kappa shape index (κ3) is 2.93. The van der Waals surface area contributed by atoms with E-state index in [0.717, 1.165) is 33.0 Å². The van der Waals surface area contributed by atoms with E-state index in [4.69, 9.17) is 10.8 Å². The number of aromatic nitrogens is 2. The molecule has 0 amide bonds. The number of methoxy groups -OCH3 is 1. The van der Waals surface area contributed by atoms with Crippen LogP contribution in [0.1, 0.15) is 18.5 Å². The first-order chi connectivity index (χ1) is 10.4. The van der Waals surface area contributed by atoms with E-state index in [1.54, 1.807) is 0 Å². The maximum Gasteiger partial charge on any atom is 0.350 e. The second-order valence-corrected chi connectivity index (χ2v) is 5.09. The lowest BCUT2D eigenvalue weighted by Crippen LogP contribution is -2.49. The molecule has 1 aromatic rings. The first-order valence-corrected chi connectivity index (χ1v) is 6.79. The fraction of sp³-hybridized carbons (Fsp3) is 0.538. The minimum atomic E-state index is -2.75. The average Bonchev–Trinajstić information content (AvgIpc) is 3.02. The quantitative estimate of drug-likeness (QED) is 0.470. The van der Waals surface area contributed by atoms with Crippen molar-refractivity contribution < 1.29 is 24.5 Å². The summed E-state index contributed by atoms with van der Waals surface area (Å²) in [7, 11) is 0.992. The Morgan fingerprint density at radius 2 is 2.09 bits per heavy atom. The fourth-order valence-corrected chi connectivity index (χ4v) is 2.30. The van der Waals surface area contributed by atoms with Crippen molar-refractivity contribution in [1.29, 1.82) is 0 Å². The van der Waals surface area contributed by atoms with Gasteiger partial charge in [-0.2, -0.15) is 0 Å². The van der Waals surface area contributed by atoms with Crippen molar-refractivity contribution in [3.63, 3.8) is 0 Å². The van der Waals surface area contributed by atoms with Crippen molar-refractivity contribution in [2.45, 2.75) is 24.9 Å². The molecule has 1 atom stereocenters. The Balaban J connectivity index is 2.32. The predicted molar refractivity (Wildman–Crippen MR) is 76.2 cm³/mol. The highest BCUT2D eigenvalue weighted by Crippen LogP contribution is 2.22. The number of carbonyl (C=O) groups excluding carboxylic acids is 1. The lowest BCUT2D eigenvalue weighted by Gasteiger charge is -2.22. The lowest BCUT2D eigenvalue weighted by molar-refractivity contribution is -0.178. The first kappa shape index (κ1) is 16.0. The van der Waals surface area contributed by atoms with E-state index in [9.17, 15) is 14.7 Å². The molecule has 9 nitrogen and oxygen atoms in total. The van der Waals surface area contributed by atoms with Gasteiger partial charge in [0, 0.05) is 19.5 Å². The molecule has 4 N–H and O–H groups in total. The third-order valence-electron chi connectivity index (χ3n) is 3.59. The van der Waals surface area contributed by atoms with Gasteiger partial charge in [-0.1, -0.05) is 0 Å². The summed E-state index contributed by atoms with van der Waals surface area (Å²) in [5, 5.41) is 19.2. The molecule has 0 radical (unpaired) electrons. The van der Waals surface area contributed by atoms with Crippen LogP contribution in [0.15, 0.2) is 6.20 Å².